The van der Waals surface area contributed by atoms with Gasteiger partial charge < -0.3 is 10.2 Å². The van der Waals surface area contributed by atoms with Crippen LogP contribution in [0.3, 0.4) is 0 Å². The molecule has 0 spiro atoms. The van der Waals surface area contributed by atoms with Gasteiger partial charge in [0.1, 0.15) is 0 Å². The molecule has 2 aliphatic carbocycles. The van der Waals surface area contributed by atoms with E-state index >= 15 is 0 Å². The molecule has 2 nitrogen and oxygen atoms in total. The first-order chi connectivity index (χ1) is 7.20. The minimum atomic E-state index is 0.908. The fraction of sp³-hybridized carbons (Fsp3) is 0.917. The molecule has 3 heteroatoms. The Morgan fingerprint density at radius 1 is 1.40 bits per heavy atom. The summed E-state index contributed by atoms with van der Waals surface area (Å²) in [6, 6.07) is 0. The molecule has 3 atom stereocenters. The Kier molecular flexibility index (Phi) is 3.49. The molecule has 1 N–H and O–H groups in total. The van der Waals surface area contributed by atoms with E-state index in [-0.39, 0.29) is 0 Å². The molecule has 0 aromatic carbocycles. The zero-order chi connectivity index (χ0) is 10.8. The summed E-state index contributed by atoms with van der Waals surface area (Å²) in [7, 11) is 2.12. The van der Waals surface area contributed by atoms with Gasteiger partial charge in [-0.25, -0.2) is 0 Å². The van der Waals surface area contributed by atoms with Crippen molar-refractivity contribution in [3.05, 3.63) is 0 Å². The Labute approximate surface area is 98.4 Å². The van der Waals surface area contributed by atoms with Crippen molar-refractivity contribution in [1.82, 2.24) is 10.2 Å². The maximum absolute atomic E-state index is 5.31. The fourth-order valence-corrected chi connectivity index (χ4v) is 3.54. The van der Waals surface area contributed by atoms with Gasteiger partial charge in [-0.1, -0.05) is 6.42 Å². The second-order valence-electron chi connectivity index (χ2n) is 5.15. The van der Waals surface area contributed by atoms with Gasteiger partial charge in [0.2, 0.25) is 0 Å². The molecule has 0 saturated heterocycles. The van der Waals surface area contributed by atoms with Crippen LogP contribution in [0.25, 0.3) is 0 Å². The Bertz CT molecular complexity index is 242. The van der Waals surface area contributed by atoms with Crippen molar-refractivity contribution < 1.29 is 0 Å². The first-order valence-corrected chi connectivity index (χ1v) is 6.60. The topological polar surface area (TPSA) is 15.3 Å². The van der Waals surface area contributed by atoms with Crippen LogP contribution in [0.2, 0.25) is 0 Å². The van der Waals surface area contributed by atoms with Gasteiger partial charge >= 0.3 is 0 Å². The van der Waals surface area contributed by atoms with Crippen LogP contribution in [0.1, 0.15) is 32.6 Å². The Hall–Kier alpha value is -0.310. The molecule has 2 fully saturated rings. The third-order valence-corrected chi connectivity index (χ3v) is 4.52. The molecule has 0 amide bonds. The highest BCUT2D eigenvalue weighted by molar-refractivity contribution is 7.80. The molecule has 2 aliphatic rings. The maximum atomic E-state index is 5.31. The lowest BCUT2D eigenvalue weighted by Crippen LogP contribution is -2.40. The number of thiocarbonyl (C=S) groups is 1. The second kappa shape index (κ2) is 4.69. The molecule has 0 aliphatic heterocycles. The van der Waals surface area contributed by atoms with E-state index < -0.39 is 0 Å². The zero-order valence-electron chi connectivity index (χ0n) is 9.83. The van der Waals surface area contributed by atoms with Crippen LogP contribution in [0.5, 0.6) is 0 Å². The van der Waals surface area contributed by atoms with Gasteiger partial charge in [-0.05, 0) is 56.2 Å². The predicted molar refractivity (Wildman–Crippen MR) is 67.8 cm³/mol. The monoisotopic (exact) mass is 226 g/mol. The predicted octanol–water partition coefficient (Wildman–Crippen LogP) is 2.25. The summed E-state index contributed by atoms with van der Waals surface area (Å²) in [5.41, 5.74) is 0. The average molecular weight is 226 g/mol. The summed E-state index contributed by atoms with van der Waals surface area (Å²) in [5, 5.41) is 4.14. The number of hydrogen-bond acceptors (Lipinski definition) is 1. The Morgan fingerprint density at radius 3 is 2.73 bits per heavy atom. The standard InChI is InChI=1S/C12H22N2S/c1-3-13-12(15)14(2)8-11-7-9-4-5-10(11)6-9/h9-11H,3-8H2,1-2H3,(H,13,15). The van der Waals surface area contributed by atoms with E-state index in [0.29, 0.717) is 0 Å². The van der Waals surface area contributed by atoms with Gasteiger partial charge in [0.15, 0.2) is 5.11 Å². The van der Waals surface area contributed by atoms with Crippen molar-refractivity contribution in [2.75, 3.05) is 20.1 Å². The molecule has 0 aromatic heterocycles. The lowest BCUT2D eigenvalue weighted by Gasteiger charge is -2.28. The highest BCUT2D eigenvalue weighted by atomic mass is 32.1. The molecule has 0 heterocycles. The molecule has 86 valence electrons. The molecule has 3 unspecified atom stereocenters. The summed E-state index contributed by atoms with van der Waals surface area (Å²) in [5.74, 6) is 2.95. The highest BCUT2D eigenvalue weighted by Gasteiger charge is 2.39. The van der Waals surface area contributed by atoms with E-state index in [1.807, 2.05) is 0 Å². The lowest BCUT2D eigenvalue weighted by molar-refractivity contribution is 0.275. The number of rotatable bonds is 3. The molecule has 0 radical (unpaired) electrons. The SMILES string of the molecule is CCNC(=S)N(C)CC1CC2CCC1C2. The average Bonchev–Trinajstić information content (AvgIpc) is 2.79. The van der Waals surface area contributed by atoms with Crippen LogP contribution in [0.4, 0.5) is 0 Å². The van der Waals surface area contributed by atoms with Gasteiger partial charge in [0.05, 0.1) is 0 Å². The zero-order valence-corrected chi connectivity index (χ0v) is 10.6. The van der Waals surface area contributed by atoms with Crippen LogP contribution >= 0.6 is 12.2 Å². The van der Waals surface area contributed by atoms with Crippen molar-refractivity contribution in [3.8, 4) is 0 Å². The van der Waals surface area contributed by atoms with Crippen molar-refractivity contribution in [2.45, 2.75) is 32.6 Å². The van der Waals surface area contributed by atoms with Crippen molar-refractivity contribution in [2.24, 2.45) is 17.8 Å². The third-order valence-electron chi connectivity index (χ3n) is 4.07. The first kappa shape index (κ1) is 11.2. The molecule has 2 rings (SSSR count). The number of fused-ring (bicyclic) bond motifs is 2. The number of hydrogen-bond donors (Lipinski definition) is 1. The van der Waals surface area contributed by atoms with Gasteiger partial charge in [0.25, 0.3) is 0 Å². The van der Waals surface area contributed by atoms with Crippen molar-refractivity contribution >= 4 is 17.3 Å². The van der Waals surface area contributed by atoms with Crippen LogP contribution < -0.4 is 5.32 Å². The number of nitrogens with one attached hydrogen (secondary N) is 1. The Morgan fingerprint density at radius 2 is 2.20 bits per heavy atom. The summed E-state index contributed by atoms with van der Waals surface area (Å²) in [6.07, 6.45) is 5.90. The summed E-state index contributed by atoms with van der Waals surface area (Å²) >= 11 is 5.31. The molecular formula is C12H22N2S. The second-order valence-corrected chi connectivity index (χ2v) is 5.54. The minimum absolute atomic E-state index is 0.908. The van der Waals surface area contributed by atoms with E-state index in [1.165, 1.54) is 25.7 Å². The summed E-state index contributed by atoms with van der Waals surface area (Å²) in [4.78, 5) is 2.23. The summed E-state index contributed by atoms with van der Waals surface area (Å²) in [6.45, 7) is 4.19. The largest absolute Gasteiger partial charge is 0.363 e. The fourth-order valence-electron chi connectivity index (χ4n) is 3.32. The maximum Gasteiger partial charge on any atom is 0.168 e. The smallest absolute Gasteiger partial charge is 0.168 e. The molecule has 2 bridgehead atoms. The van der Waals surface area contributed by atoms with Crippen molar-refractivity contribution in [3.63, 3.8) is 0 Å². The first-order valence-electron chi connectivity index (χ1n) is 6.19. The quantitative estimate of drug-likeness (QED) is 0.743. The number of nitrogens with zero attached hydrogens (tertiary/aromatic N) is 1. The van der Waals surface area contributed by atoms with Crippen LogP contribution in [0.15, 0.2) is 0 Å². The normalized spacial score (nSPS) is 33.1. The van der Waals surface area contributed by atoms with Crippen LogP contribution in [-0.4, -0.2) is 30.1 Å². The minimum Gasteiger partial charge on any atom is -0.363 e. The van der Waals surface area contributed by atoms with Gasteiger partial charge in [-0.15, -0.1) is 0 Å². The van der Waals surface area contributed by atoms with Gasteiger partial charge in [0, 0.05) is 20.1 Å². The lowest BCUT2D eigenvalue weighted by atomic mass is 9.88. The van der Waals surface area contributed by atoms with E-state index in [9.17, 15) is 0 Å². The molecule has 0 aromatic rings. The van der Waals surface area contributed by atoms with E-state index in [2.05, 4.69) is 24.2 Å². The molecular weight excluding hydrogens is 204 g/mol. The van der Waals surface area contributed by atoms with E-state index in [0.717, 1.165) is 36.0 Å². The van der Waals surface area contributed by atoms with Crippen molar-refractivity contribution in [1.29, 1.82) is 0 Å². The van der Waals surface area contributed by atoms with Gasteiger partial charge in [-0.2, -0.15) is 0 Å². The highest BCUT2D eigenvalue weighted by Crippen LogP contribution is 2.48. The molecule has 15 heavy (non-hydrogen) atoms. The third kappa shape index (κ3) is 2.44. The molecule has 2 saturated carbocycles. The Balaban J connectivity index is 1.79. The van der Waals surface area contributed by atoms with E-state index in [1.54, 1.807) is 0 Å². The summed E-state index contributed by atoms with van der Waals surface area (Å²) < 4.78 is 0. The van der Waals surface area contributed by atoms with Crippen LogP contribution in [-0.2, 0) is 0 Å². The van der Waals surface area contributed by atoms with Gasteiger partial charge in [-0.3, -0.25) is 0 Å². The van der Waals surface area contributed by atoms with Crippen LogP contribution in [0, 0.1) is 17.8 Å². The van der Waals surface area contributed by atoms with E-state index in [4.69, 9.17) is 12.2 Å².